The van der Waals surface area contributed by atoms with Gasteiger partial charge in [0.15, 0.2) is 6.19 Å². The molecule has 2 heterocycles. The fraction of sp³-hybridized carbons (Fsp3) is 0.500. The van der Waals surface area contributed by atoms with E-state index in [0.717, 1.165) is 43.6 Å². The van der Waals surface area contributed by atoms with E-state index >= 15 is 0 Å². The Kier molecular flexibility index (Phi) is 6.48. The molecule has 0 radical (unpaired) electrons. The third kappa shape index (κ3) is 5.00. The molecule has 1 atom stereocenters. The Balaban J connectivity index is 1.68. The van der Waals surface area contributed by atoms with Crippen molar-refractivity contribution in [1.29, 1.82) is 5.26 Å². The maximum absolute atomic E-state index is 12.8. The highest BCUT2D eigenvalue weighted by atomic mass is 16.2. The Morgan fingerprint density at radius 1 is 1.29 bits per heavy atom. The summed E-state index contributed by atoms with van der Waals surface area (Å²) < 4.78 is 0. The van der Waals surface area contributed by atoms with E-state index in [9.17, 15) is 9.59 Å². The van der Waals surface area contributed by atoms with Gasteiger partial charge >= 0.3 is 0 Å². The average Bonchev–Trinajstić information content (AvgIpc) is 3.20. The molecule has 8 heteroatoms. The van der Waals surface area contributed by atoms with Crippen molar-refractivity contribution in [2.75, 3.05) is 31.5 Å². The monoisotopic (exact) mass is 382 g/mol. The molecule has 28 heavy (non-hydrogen) atoms. The van der Waals surface area contributed by atoms with Crippen LogP contribution >= 0.6 is 0 Å². The van der Waals surface area contributed by atoms with Crippen LogP contribution in [-0.2, 0) is 9.59 Å². The van der Waals surface area contributed by atoms with E-state index in [0.29, 0.717) is 13.0 Å². The minimum atomic E-state index is -0.603. The second kappa shape index (κ2) is 9.22. The number of benzene rings is 1. The lowest BCUT2D eigenvalue weighted by molar-refractivity contribution is -0.142. The third-order valence-corrected chi connectivity index (χ3v) is 5.03. The Hall–Kier alpha value is -3.08. The van der Waals surface area contributed by atoms with Crippen LogP contribution < -0.4 is 10.6 Å². The Labute approximate surface area is 165 Å². The van der Waals surface area contributed by atoms with E-state index in [4.69, 9.17) is 5.26 Å². The number of hydrogen-bond donors (Lipinski definition) is 2. The first-order valence-corrected chi connectivity index (χ1v) is 9.70. The van der Waals surface area contributed by atoms with Gasteiger partial charge in [-0.15, -0.1) is 0 Å². The van der Waals surface area contributed by atoms with Crippen molar-refractivity contribution in [2.24, 2.45) is 4.99 Å². The summed E-state index contributed by atoms with van der Waals surface area (Å²) >= 11 is 0. The highest BCUT2D eigenvalue weighted by Gasteiger charge is 2.31. The van der Waals surface area contributed by atoms with Crippen molar-refractivity contribution in [3.05, 3.63) is 29.8 Å². The van der Waals surface area contributed by atoms with Crippen molar-refractivity contribution in [2.45, 2.75) is 38.6 Å². The molecule has 1 aromatic carbocycles. The Morgan fingerprint density at radius 3 is 2.79 bits per heavy atom. The third-order valence-electron chi connectivity index (χ3n) is 5.03. The number of carbonyl (C=O) groups excluding carboxylic acids is 2. The summed E-state index contributed by atoms with van der Waals surface area (Å²) in [5.41, 5.74) is 1.85. The second-order valence-electron chi connectivity index (χ2n) is 7.21. The van der Waals surface area contributed by atoms with E-state index in [1.807, 2.05) is 42.3 Å². The standard InChI is InChI=1S/C20H26N6O2/c1-15-6-4-7-16(12-15)23-20(22-14-21)24-17-8-5-11-26(19(17)28)13-18(27)25-9-2-3-10-25/h4,6-7,12,17H,2-3,5,8-11,13H2,1H3,(H2,22,23,24). The number of anilines is 1. The van der Waals surface area contributed by atoms with Crippen LogP contribution in [0.5, 0.6) is 0 Å². The molecule has 2 amide bonds. The highest BCUT2D eigenvalue weighted by Crippen LogP contribution is 2.17. The van der Waals surface area contributed by atoms with Gasteiger partial charge in [-0.3, -0.25) is 14.9 Å². The van der Waals surface area contributed by atoms with E-state index < -0.39 is 6.04 Å². The Bertz CT molecular complexity index is 794. The average molecular weight is 382 g/mol. The van der Waals surface area contributed by atoms with Gasteiger partial charge < -0.3 is 15.1 Å². The number of hydrogen-bond acceptors (Lipinski definition) is 4. The van der Waals surface area contributed by atoms with E-state index in [-0.39, 0.29) is 24.3 Å². The lowest BCUT2D eigenvalue weighted by Gasteiger charge is -2.31. The van der Waals surface area contributed by atoms with E-state index in [1.54, 1.807) is 4.90 Å². The number of aryl methyl sites for hydroxylation is 1. The van der Waals surface area contributed by atoms with Gasteiger partial charge in [0, 0.05) is 25.3 Å². The van der Waals surface area contributed by atoms with E-state index in [2.05, 4.69) is 15.6 Å². The number of carbonyl (C=O) groups is 2. The van der Waals surface area contributed by atoms with Crippen LogP contribution in [0.1, 0.15) is 31.2 Å². The number of likely N-dealkylation sites (tertiary alicyclic amines) is 2. The molecule has 8 nitrogen and oxygen atoms in total. The predicted octanol–water partition coefficient (Wildman–Crippen LogP) is 1.45. The Morgan fingerprint density at radius 2 is 2.07 bits per heavy atom. The topological polar surface area (TPSA) is 101 Å². The number of guanidine groups is 1. The minimum Gasteiger partial charge on any atom is -0.341 e. The van der Waals surface area contributed by atoms with Crippen molar-refractivity contribution >= 4 is 23.5 Å². The molecule has 0 aromatic heterocycles. The van der Waals surface area contributed by atoms with E-state index in [1.165, 1.54) is 0 Å². The fourth-order valence-electron chi connectivity index (χ4n) is 3.59. The van der Waals surface area contributed by atoms with Crippen LogP contribution in [0.4, 0.5) is 5.69 Å². The zero-order valence-corrected chi connectivity index (χ0v) is 16.1. The summed E-state index contributed by atoms with van der Waals surface area (Å²) in [4.78, 5) is 33.1. The quantitative estimate of drug-likeness (QED) is 0.355. The van der Waals surface area contributed by atoms with Gasteiger partial charge in [0.1, 0.15) is 6.04 Å². The lowest BCUT2D eigenvalue weighted by Crippen LogP contribution is -2.49. The molecule has 2 aliphatic rings. The maximum atomic E-state index is 12.8. The predicted molar refractivity (Wildman–Crippen MR) is 106 cm³/mol. The molecule has 1 unspecified atom stereocenters. The van der Waals surface area contributed by atoms with Crippen LogP contribution in [0.15, 0.2) is 29.3 Å². The summed E-state index contributed by atoms with van der Waals surface area (Å²) in [6.45, 7) is 4.20. The second-order valence-corrected chi connectivity index (χ2v) is 7.21. The summed E-state index contributed by atoms with van der Waals surface area (Å²) in [5.74, 6) is 0.0741. The highest BCUT2D eigenvalue weighted by molar-refractivity contribution is 5.97. The van der Waals surface area contributed by atoms with Gasteiger partial charge in [0.25, 0.3) is 0 Å². The molecule has 2 fully saturated rings. The molecular weight excluding hydrogens is 356 g/mol. The van der Waals surface area contributed by atoms with Gasteiger partial charge in [-0.05, 0) is 50.3 Å². The van der Waals surface area contributed by atoms with Crippen LogP contribution in [0.2, 0.25) is 0 Å². The number of aliphatic imine (C=N–C) groups is 1. The molecule has 3 rings (SSSR count). The largest absolute Gasteiger partial charge is 0.341 e. The molecule has 148 valence electrons. The summed E-state index contributed by atoms with van der Waals surface area (Å²) in [7, 11) is 0. The van der Waals surface area contributed by atoms with Crippen molar-refractivity contribution < 1.29 is 9.59 Å². The molecule has 0 aliphatic carbocycles. The zero-order chi connectivity index (χ0) is 19.9. The first-order valence-electron chi connectivity index (χ1n) is 9.70. The SMILES string of the molecule is Cc1cccc(NC(=NC2CCCN(CC(=O)N3CCCC3)C2=O)NC#N)c1. The lowest BCUT2D eigenvalue weighted by atomic mass is 10.1. The van der Waals surface area contributed by atoms with Gasteiger partial charge in [-0.25, -0.2) is 4.99 Å². The molecule has 0 spiro atoms. The number of amides is 2. The maximum Gasteiger partial charge on any atom is 0.247 e. The number of nitrogens with one attached hydrogen (secondary N) is 2. The van der Waals surface area contributed by atoms with Gasteiger partial charge in [-0.1, -0.05) is 12.1 Å². The molecule has 2 aliphatic heterocycles. The zero-order valence-electron chi connectivity index (χ0n) is 16.1. The van der Waals surface area contributed by atoms with Crippen LogP contribution in [-0.4, -0.2) is 59.8 Å². The van der Waals surface area contributed by atoms with Gasteiger partial charge in [0.05, 0.1) is 6.54 Å². The molecule has 2 saturated heterocycles. The number of nitrogens with zero attached hydrogens (tertiary/aromatic N) is 4. The molecule has 0 bridgehead atoms. The first kappa shape index (κ1) is 19.7. The van der Waals surface area contributed by atoms with Crippen molar-refractivity contribution in [1.82, 2.24) is 15.1 Å². The number of rotatable bonds is 4. The van der Waals surface area contributed by atoms with Gasteiger partial charge in [-0.2, -0.15) is 5.26 Å². The smallest absolute Gasteiger partial charge is 0.247 e. The first-order chi connectivity index (χ1) is 13.6. The molecular formula is C20H26N6O2. The fourth-order valence-corrected chi connectivity index (χ4v) is 3.59. The number of nitriles is 1. The summed E-state index contributed by atoms with van der Waals surface area (Å²) in [5, 5.41) is 14.6. The van der Waals surface area contributed by atoms with Crippen molar-refractivity contribution in [3.8, 4) is 6.19 Å². The minimum absolute atomic E-state index is 0.00346. The van der Waals surface area contributed by atoms with Crippen LogP contribution in [0, 0.1) is 18.4 Å². The van der Waals surface area contributed by atoms with Crippen molar-refractivity contribution in [3.63, 3.8) is 0 Å². The number of piperidine rings is 1. The van der Waals surface area contributed by atoms with Gasteiger partial charge in [0.2, 0.25) is 17.8 Å². The molecule has 2 N–H and O–H groups in total. The molecule has 1 aromatic rings. The summed E-state index contributed by atoms with van der Waals surface area (Å²) in [6, 6.07) is 7.07. The van der Waals surface area contributed by atoms with Crippen LogP contribution in [0.3, 0.4) is 0 Å². The summed E-state index contributed by atoms with van der Waals surface area (Å²) in [6.07, 6.45) is 5.29. The van der Waals surface area contributed by atoms with Crippen LogP contribution in [0.25, 0.3) is 0 Å². The molecule has 0 saturated carbocycles. The normalized spacial score (nSPS) is 20.1.